The largest absolute Gasteiger partial charge is 0.338 e. The molecule has 0 spiro atoms. The molecule has 0 saturated heterocycles. The molecule has 0 unspecified atom stereocenters. The Morgan fingerprint density at radius 3 is 2.77 bits per heavy atom. The van der Waals surface area contributed by atoms with Crippen LogP contribution in [0.5, 0.6) is 0 Å². The number of hydrogen-bond acceptors (Lipinski definition) is 5. The molecule has 2 heterocycles. The normalized spacial score (nSPS) is 13.4. The second kappa shape index (κ2) is 7.30. The Kier molecular flexibility index (Phi) is 4.55. The Morgan fingerprint density at radius 2 is 2.04 bits per heavy atom. The number of tetrazole rings is 1. The first kappa shape index (κ1) is 16.2. The zero-order valence-corrected chi connectivity index (χ0v) is 14.2. The van der Waals surface area contributed by atoms with E-state index in [1.165, 1.54) is 0 Å². The average Bonchev–Trinajstić information content (AvgIpc) is 3.40. The van der Waals surface area contributed by atoms with E-state index in [2.05, 4.69) is 31.1 Å². The van der Waals surface area contributed by atoms with Gasteiger partial charge in [0.15, 0.2) is 5.82 Å². The maximum Gasteiger partial charge on any atom is 0.319 e. The Balaban J connectivity index is 1.31. The molecule has 1 fully saturated rings. The molecule has 8 nitrogen and oxygen atoms in total. The van der Waals surface area contributed by atoms with E-state index in [9.17, 15) is 4.79 Å². The van der Waals surface area contributed by atoms with Crippen molar-refractivity contribution in [3.8, 4) is 11.4 Å². The average molecular weight is 349 g/mol. The van der Waals surface area contributed by atoms with E-state index < -0.39 is 0 Å². The summed E-state index contributed by atoms with van der Waals surface area (Å²) in [6.07, 6.45) is 6.52. The van der Waals surface area contributed by atoms with Crippen LogP contribution in [0.2, 0.25) is 0 Å². The summed E-state index contributed by atoms with van der Waals surface area (Å²) >= 11 is 0. The lowest BCUT2D eigenvalue weighted by Crippen LogP contribution is -2.30. The molecule has 4 rings (SSSR count). The third kappa shape index (κ3) is 3.85. The molecular formula is C18H19N7O. The highest BCUT2D eigenvalue weighted by Gasteiger charge is 2.28. The fourth-order valence-corrected chi connectivity index (χ4v) is 2.69. The maximum absolute atomic E-state index is 12.0. The Bertz CT molecular complexity index is 872. The van der Waals surface area contributed by atoms with E-state index >= 15 is 0 Å². The third-order valence-electron chi connectivity index (χ3n) is 4.21. The van der Waals surface area contributed by atoms with E-state index in [1.54, 1.807) is 12.4 Å². The van der Waals surface area contributed by atoms with Crippen LogP contribution in [0.4, 0.5) is 10.5 Å². The van der Waals surface area contributed by atoms with Gasteiger partial charge in [-0.3, -0.25) is 4.98 Å². The molecule has 0 radical (unpaired) electrons. The number of anilines is 1. The van der Waals surface area contributed by atoms with Crippen molar-refractivity contribution in [3.63, 3.8) is 0 Å². The van der Waals surface area contributed by atoms with Gasteiger partial charge in [0, 0.05) is 30.2 Å². The molecule has 2 N–H and O–H groups in total. The zero-order valence-electron chi connectivity index (χ0n) is 14.2. The lowest BCUT2D eigenvalue weighted by Gasteiger charge is -2.08. The fraction of sp³-hybridized carbons (Fsp3) is 0.278. The number of nitrogens with zero attached hydrogens (tertiary/aromatic N) is 5. The first-order valence-electron chi connectivity index (χ1n) is 8.61. The van der Waals surface area contributed by atoms with Crippen LogP contribution in [0.1, 0.15) is 24.4 Å². The van der Waals surface area contributed by atoms with Crippen LogP contribution in [0.15, 0.2) is 48.8 Å². The Morgan fingerprint density at radius 1 is 1.19 bits per heavy atom. The summed E-state index contributed by atoms with van der Waals surface area (Å²) in [7, 11) is 0. The van der Waals surface area contributed by atoms with Crippen molar-refractivity contribution in [2.24, 2.45) is 0 Å². The van der Waals surface area contributed by atoms with Crippen LogP contribution in [-0.2, 0) is 6.42 Å². The summed E-state index contributed by atoms with van der Waals surface area (Å²) < 4.78 is 1.87. The van der Waals surface area contributed by atoms with Crippen LogP contribution >= 0.6 is 0 Å². The van der Waals surface area contributed by atoms with Gasteiger partial charge in [-0.2, -0.15) is 0 Å². The first-order chi connectivity index (χ1) is 12.8. The van der Waals surface area contributed by atoms with Gasteiger partial charge < -0.3 is 10.6 Å². The molecule has 0 atom stereocenters. The minimum absolute atomic E-state index is 0.232. The topological polar surface area (TPSA) is 97.6 Å². The number of aromatic nitrogens is 5. The van der Waals surface area contributed by atoms with Crippen molar-refractivity contribution in [2.45, 2.75) is 25.3 Å². The van der Waals surface area contributed by atoms with Gasteiger partial charge in [-0.05, 0) is 65.6 Å². The number of rotatable bonds is 6. The molecule has 132 valence electrons. The highest BCUT2D eigenvalue weighted by molar-refractivity contribution is 5.89. The Hall–Kier alpha value is -3.29. The van der Waals surface area contributed by atoms with E-state index in [0.29, 0.717) is 12.6 Å². The number of nitrogens with one attached hydrogen (secondary N) is 2. The van der Waals surface area contributed by atoms with Gasteiger partial charge in [0.05, 0.1) is 6.04 Å². The number of pyridine rings is 1. The number of carbonyl (C=O) groups excluding carboxylic acids is 1. The molecule has 1 aliphatic carbocycles. The zero-order chi connectivity index (χ0) is 17.8. The number of amides is 2. The summed E-state index contributed by atoms with van der Waals surface area (Å²) in [5.74, 6) is 0.764. The minimum Gasteiger partial charge on any atom is -0.338 e. The molecule has 1 saturated carbocycles. The molecular weight excluding hydrogens is 330 g/mol. The summed E-state index contributed by atoms with van der Waals surface area (Å²) in [4.78, 5) is 16.0. The molecule has 1 aromatic carbocycles. The standard InChI is InChI=1S/C18H19N7O/c26-18(20-11-9-13-2-1-10-19-12-13)21-15-5-3-14(4-6-15)17-22-23-24-25(17)16-7-8-16/h1-6,10,12,16H,7-9,11H2,(H2,20,21,26). The fourth-order valence-electron chi connectivity index (χ4n) is 2.69. The second-order valence-electron chi connectivity index (χ2n) is 6.25. The molecule has 0 aliphatic heterocycles. The molecule has 2 aromatic heterocycles. The highest BCUT2D eigenvalue weighted by atomic mass is 16.2. The monoisotopic (exact) mass is 349 g/mol. The van der Waals surface area contributed by atoms with E-state index in [4.69, 9.17) is 0 Å². The molecule has 1 aliphatic rings. The Labute approximate surface area is 150 Å². The van der Waals surface area contributed by atoms with Gasteiger partial charge in [0.1, 0.15) is 0 Å². The van der Waals surface area contributed by atoms with Gasteiger partial charge >= 0.3 is 6.03 Å². The van der Waals surface area contributed by atoms with Crippen molar-refractivity contribution < 1.29 is 4.79 Å². The van der Waals surface area contributed by atoms with Gasteiger partial charge in [-0.1, -0.05) is 6.07 Å². The molecule has 26 heavy (non-hydrogen) atoms. The number of benzene rings is 1. The van der Waals surface area contributed by atoms with Gasteiger partial charge in [-0.25, -0.2) is 9.48 Å². The number of carbonyl (C=O) groups is 1. The van der Waals surface area contributed by atoms with Crippen molar-refractivity contribution in [1.29, 1.82) is 0 Å². The second-order valence-corrected chi connectivity index (χ2v) is 6.25. The molecule has 0 bridgehead atoms. The summed E-state index contributed by atoms with van der Waals surface area (Å²) in [6, 6.07) is 11.6. The predicted molar refractivity (Wildman–Crippen MR) is 96.5 cm³/mol. The van der Waals surface area contributed by atoms with E-state index in [1.807, 2.05) is 41.1 Å². The van der Waals surface area contributed by atoms with Crippen LogP contribution in [-0.4, -0.2) is 37.8 Å². The molecule has 3 aromatic rings. The summed E-state index contributed by atoms with van der Waals surface area (Å²) in [6.45, 7) is 0.547. The van der Waals surface area contributed by atoms with Crippen LogP contribution in [0.3, 0.4) is 0 Å². The number of urea groups is 1. The van der Waals surface area contributed by atoms with E-state index in [0.717, 1.165) is 41.9 Å². The predicted octanol–water partition coefficient (Wildman–Crippen LogP) is 2.43. The SMILES string of the molecule is O=C(NCCc1cccnc1)Nc1ccc(-c2nnnn2C2CC2)cc1. The summed E-state index contributed by atoms with van der Waals surface area (Å²) in [5, 5.41) is 17.6. The lowest BCUT2D eigenvalue weighted by atomic mass is 10.2. The molecule has 2 amide bonds. The van der Waals surface area contributed by atoms with Gasteiger partial charge in [0.25, 0.3) is 0 Å². The smallest absolute Gasteiger partial charge is 0.319 e. The number of hydrogen-bond donors (Lipinski definition) is 2. The highest BCUT2D eigenvalue weighted by Crippen LogP contribution is 2.36. The van der Waals surface area contributed by atoms with Crippen molar-refractivity contribution in [3.05, 3.63) is 54.4 Å². The first-order valence-corrected chi connectivity index (χ1v) is 8.61. The van der Waals surface area contributed by atoms with Crippen molar-refractivity contribution >= 4 is 11.7 Å². The van der Waals surface area contributed by atoms with Gasteiger partial charge in [0.2, 0.25) is 0 Å². The quantitative estimate of drug-likeness (QED) is 0.712. The minimum atomic E-state index is -0.232. The molecule has 8 heteroatoms. The van der Waals surface area contributed by atoms with Crippen LogP contribution in [0, 0.1) is 0 Å². The van der Waals surface area contributed by atoms with Crippen LogP contribution < -0.4 is 10.6 Å². The summed E-state index contributed by atoms with van der Waals surface area (Å²) in [5.41, 5.74) is 2.74. The third-order valence-corrected chi connectivity index (χ3v) is 4.21. The van der Waals surface area contributed by atoms with Gasteiger partial charge in [-0.15, -0.1) is 5.10 Å². The lowest BCUT2D eigenvalue weighted by molar-refractivity contribution is 0.252. The van der Waals surface area contributed by atoms with E-state index in [-0.39, 0.29) is 6.03 Å². The van der Waals surface area contributed by atoms with Crippen LogP contribution in [0.25, 0.3) is 11.4 Å². The van der Waals surface area contributed by atoms with Crippen molar-refractivity contribution in [1.82, 2.24) is 30.5 Å². The maximum atomic E-state index is 12.0. The van der Waals surface area contributed by atoms with Crippen molar-refractivity contribution in [2.75, 3.05) is 11.9 Å².